The molecule has 0 spiro atoms. The predicted octanol–water partition coefficient (Wildman–Crippen LogP) is 5.19. The van der Waals surface area contributed by atoms with Gasteiger partial charge in [-0.1, -0.05) is 56.3 Å². The van der Waals surface area contributed by atoms with E-state index in [1.807, 2.05) is 11.0 Å². The molecule has 1 aliphatic heterocycles. The van der Waals surface area contributed by atoms with Crippen molar-refractivity contribution in [2.24, 2.45) is 0 Å². The number of carboxylic acid groups (broad SMARTS) is 1. The zero-order valence-electron chi connectivity index (χ0n) is 16.7. The third kappa shape index (κ3) is 4.61. The molecular weight excluding hydrogens is 350 g/mol. The molecule has 0 aromatic heterocycles. The van der Waals surface area contributed by atoms with E-state index in [9.17, 15) is 14.7 Å². The summed E-state index contributed by atoms with van der Waals surface area (Å²) in [6, 6.07) is 15.7. The lowest BCUT2D eigenvalue weighted by atomic mass is 9.92. The van der Waals surface area contributed by atoms with Gasteiger partial charge >= 0.3 is 5.97 Å². The van der Waals surface area contributed by atoms with Crippen LogP contribution in [0.25, 0.3) is 0 Å². The molecule has 4 nitrogen and oxygen atoms in total. The SMILES string of the molecule is CC(C)c1ccc(C2CCCCN2C(=O)CCc2ccccc2C(=O)O)cc1. The van der Waals surface area contributed by atoms with Crippen molar-refractivity contribution in [1.82, 2.24) is 4.90 Å². The Balaban J connectivity index is 1.71. The zero-order valence-corrected chi connectivity index (χ0v) is 16.7. The lowest BCUT2D eigenvalue weighted by molar-refractivity contribution is -0.135. The van der Waals surface area contributed by atoms with E-state index in [2.05, 4.69) is 38.1 Å². The number of likely N-dealkylation sites (tertiary alicyclic amines) is 1. The molecule has 0 bridgehead atoms. The second kappa shape index (κ2) is 9.05. The van der Waals surface area contributed by atoms with E-state index < -0.39 is 5.97 Å². The summed E-state index contributed by atoms with van der Waals surface area (Å²) in [5.41, 5.74) is 3.51. The lowest BCUT2D eigenvalue weighted by Crippen LogP contribution is -2.38. The van der Waals surface area contributed by atoms with Crippen LogP contribution in [0.15, 0.2) is 48.5 Å². The Hall–Kier alpha value is -2.62. The van der Waals surface area contributed by atoms with Gasteiger partial charge in [-0.15, -0.1) is 0 Å². The molecule has 1 fully saturated rings. The smallest absolute Gasteiger partial charge is 0.335 e. The minimum Gasteiger partial charge on any atom is -0.478 e. The van der Waals surface area contributed by atoms with E-state index in [4.69, 9.17) is 0 Å². The van der Waals surface area contributed by atoms with Gasteiger partial charge in [-0.05, 0) is 54.4 Å². The van der Waals surface area contributed by atoms with Crippen molar-refractivity contribution in [2.75, 3.05) is 6.54 Å². The fraction of sp³-hybridized carbons (Fsp3) is 0.417. The van der Waals surface area contributed by atoms with Crippen molar-refractivity contribution in [2.45, 2.75) is 57.9 Å². The molecule has 0 aliphatic carbocycles. The Morgan fingerprint density at radius 3 is 2.46 bits per heavy atom. The Morgan fingerprint density at radius 2 is 1.79 bits per heavy atom. The molecule has 1 aliphatic rings. The third-order valence-corrected chi connectivity index (χ3v) is 5.67. The van der Waals surface area contributed by atoms with Crippen molar-refractivity contribution in [3.8, 4) is 0 Å². The minimum absolute atomic E-state index is 0.109. The molecular formula is C24H29NO3. The van der Waals surface area contributed by atoms with E-state index in [0.29, 0.717) is 18.8 Å². The molecule has 1 unspecified atom stereocenters. The highest BCUT2D eigenvalue weighted by Crippen LogP contribution is 2.32. The molecule has 2 aromatic carbocycles. The second-order valence-corrected chi connectivity index (χ2v) is 7.88. The quantitative estimate of drug-likeness (QED) is 0.751. The largest absolute Gasteiger partial charge is 0.478 e. The summed E-state index contributed by atoms with van der Waals surface area (Å²) in [5.74, 6) is -0.339. The first-order chi connectivity index (χ1) is 13.5. The van der Waals surface area contributed by atoms with Gasteiger partial charge in [-0.3, -0.25) is 4.79 Å². The van der Waals surface area contributed by atoms with Crippen molar-refractivity contribution >= 4 is 11.9 Å². The van der Waals surface area contributed by atoms with Gasteiger partial charge in [0.05, 0.1) is 11.6 Å². The topological polar surface area (TPSA) is 57.6 Å². The first kappa shape index (κ1) is 20.1. The summed E-state index contributed by atoms with van der Waals surface area (Å²) in [5, 5.41) is 9.34. The predicted molar refractivity (Wildman–Crippen MR) is 111 cm³/mol. The van der Waals surface area contributed by atoms with E-state index in [-0.39, 0.29) is 17.5 Å². The maximum atomic E-state index is 13.0. The second-order valence-electron chi connectivity index (χ2n) is 7.88. The Kier molecular flexibility index (Phi) is 6.50. The average molecular weight is 380 g/mol. The van der Waals surface area contributed by atoms with Gasteiger partial charge in [0.1, 0.15) is 0 Å². The summed E-state index contributed by atoms with van der Waals surface area (Å²) in [7, 11) is 0. The normalized spacial score (nSPS) is 17.0. The van der Waals surface area contributed by atoms with Crippen LogP contribution in [-0.4, -0.2) is 28.4 Å². The number of benzene rings is 2. The van der Waals surface area contributed by atoms with Gasteiger partial charge in [0.2, 0.25) is 5.91 Å². The van der Waals surface area contributed by atoms with Crippen LogP contribution in [0.5, 0.6) is 0 Å². The number of aryl methyl sites for hydroxylation is 1. The number of nitrogens with zero attached hydrogens (tertiary/aromatic N) is 1. The molecule has 148 valence electrons. The summed E-state index contributed by atoms with van der Waals surface area (Å²) in [6.07, 6.45) is 3.93. The van der Waals surface area contributed by atoms with Gasteiger partial charge in [0.15, 0.2) is 0 Å². The number of amides is 1. The average Bonchev–Trinajstić information content (AvgIpc) is 2.72. The molecule has 1 atom stereocenters. The number of aromatic carboxylic acids is 1. The van der Waals surface area contributed by atoms with Crippen LogP contribution < -0.4 is 0 Å². The molecule has 1 saturated heterocycles. The van der Waals surface area contributed by atoms with Crippen LogP contribution in [0.1, 0.15) is 78.5 Å². The molecule has 1 N–H and O–H groups in total. The Bertz CT molecular complexity index is 826. The molecule has 2 aromatic rings. The van der Waals surface area contributed by atoms with Crippen LogP contribution in [0, 0.1) is 0 Å². The molecule has 3 rings (SSSR count). The van der Waals surface area contributed by atoms with Crippen LogP contribution in [0.2, 0.25) is 0 Å². The summed E-state index contributed by atoms with van der Waals surface area (Å²) < 4.78 is 0. The highest BCUT2D eigenvalue weighted by atomic mass is 16.4. The Labute approximate surface area is 167 Å². The monoisotopic (exact) mass is 379 g/mol. The Morgan fingerprint density at radius 1 is 1.07 bits per heavy atom. The lowest BCUT2D eigenvalue weighted by Gasteiger charge is -2.36. The van der Waals surface area contributed by atoms with Crippen molar-refractivity contribution in [3.63, 3.8) is 0 Å². The van der Waals surface area contributed by atoms with E-state index in [0.717, 1.165) is 31.4 Å². The maximum absolute atomic E-state index is 13.0. The van der Waals surface area contributed by atoms with E-state index >= 15 is 0 Å². The van der Waals surface area contributed by atoms with Gasteiger partial charge in [-0.25, -0.2) is 4.79 Å². The summed E-state index contributed by atoms with van der Waals surface area (Å²) in [6.45, 7) is 5.14. The van der Waals surface area contributed by atoms with Gasteiger partial charge in [0.25, 0.3) is 0 Å². The first-order valence-corrected chi connectivity index (χ1v) is 10.2. The van der Waals surface area contributed by atoms with E-state index in [1.165, 1.54) is 11.1 Å². The molecule has 1 amide bonds. The van der Waals surface area contributed by atoms with Crippen LogP contribution in [-0.2, 0) is 11.2 Å². The molecule has 0 saturated carbocycles. The molecule has 1 heterocycles. The number of carbonyl (C=O) groups excluding carboxylic acids is 1. The fourth-order valence-electron chi connectivity index (χ4n) is 4.01. The number of carbonyl (C=O) groups is 2. The van der Waals surface area contributed by atoms with E-state index in [1.54, 1.807) is 18.2 Å². The van der Waals surface area contributed by atoms with Crippen LogP contribution in [0.3, 0.4) is 0 Å². The molecule has 0 radical (unpaired) electrons. The standard InChI is InChI=1S/C24H29NO3/c1-17(2)18-10-12-20(13-11-18)22-9-5-6-16-25(22)23(26)15-14-19-7-3-4-8-21(19)24(27)28/h3-4,7-8,10-13,17,22H,5-6,9,14-16H2,1-2H3,(H,27,28). The molecule has 4 heteroatoms. The van der Waals surface area contributed by atoms with Crippen LogP contribution in [0.4, 0.5) is 0 Å². The van der Waals surface area contributed by atoms with Crippen LogP contribution >= 0.6 is 0 Å². The van der Waals surface area contributed by atoms with Crippen molar-refractivity contribution in [1.29, 1.82) is 0 Å². The number of rotatable bonds is 6. The highest BCUT2D eigenvalue weighted by Gasteiger charge is 2.28. The molecule has 28 heavy (non-hydrogen) atoms. The van der Waals surface area contributed by atoms with Crippen molar-refractivity contribution < 1.29 is 14.7 Å². The zero-order chi connectivity index (χ0) is 20.1. The van der Waals surface area contributed by atoms with Gasteiger partial charge in [-0.2, -0.15) is 0 Å². The third-order valence-electron chi connectivity index (χ3n) is 5.67. The maximum Gasteiger partial charge on any atom is 0.335 e. The van der Waals surface area contributed by atoms with Crippen molar-refractivity contribution in [3.05, 3.63) is 70.8 Å². The first-order valence-electron chi connectivity index (χ1n) is 10.2. The summed E-state index contributed by atoms with van der Waals surface area (Å²) in [4.78, 5) is 26.4. The number of hydrogen-bond acceptors (Lipinski definition) is 2. The van der Waals surface area contributed by atoms with Gasteiger partial charge in [0, 0.05) is 13.0 Å². The number of hydrogen-bond donors (Lipinski definition) is 1. The summed E-state index contributed by atoms with van der Waals surface area (Å²) >= 11 is 0. The highest BCUT2D eigenvalue weighted by molar-refractivity contribution is 5.89. The minimum atomic E-state index is -0.941. The number of piperidine rings is 1. The fourth-order valence-corrected chi connectivity index (χ4v) is 4.01. The van der Waals surface area contributed by atoms with Gasteiger partial charge < -0.3 is 10.0 Å². The number of carboxylic acids is 1.